The number of hydrogen-bond acceptors (Lipinski definition) is 6. The Kier molecular flexibility index (Phi) is 7.79. The van der Waals surface area contributed by atoms with Crippen molar-refractivity contribution in [2.75, 3.05) is 5.32 Å². The number of hydrogen-bond donors (Lipinski definition) is 3. The third-order valence-corrected chi connectivity index (χ3v) is 4.45. The standard InChI is InChI=1S/C17H13Cl3N4O5S/c18-17(19,20)15(22-13(25)10-2-1-3-12(8-10)24(28)29)23-16(30)21-11-6-4-9(5-7-11)14(26)27/h1-8,15H,(H,22,25)(H,26,27)(H2,21,23,30)/p-1/t15-/m1/s1. The molecule has 0 radical (unpaired) electrons. The predicted molar refractivity (Wildman–Crippen MR) is 115 cm³/mol. The van der Waals surface area contributed by atoms with Crippen LogP contribution >= 0.6 is 47.0 Å². The summed E-state index contributed by atoms with van der Waals surface area (Å²) in [7, 11) is 0. The molecule has 0 bridgehead atoms. The Hall–Kier alpha value is -2.66. The zero-order valence-corrected chi connectivity index (χ0v) is 17.8. The summed E-state index contributed by atoms with van der Waals surface area (Å²) >= 11 is 22.8. The summed E-state index contributed by atoms with van der Waals surface area (Å²) < 4.78 is -2.04. The van der Waals surface area contributed by atoms with E-state index in [4.69, 9.17) is 47.0 Å². The molecule has 2 aromatic rings. The Bertz CT molecular complexity index is 982. The molecule has 0 spiro atoms. The molecule has 2 aromatic carbocycles. The van der Waals surface area contributed by atoms with Crippen LogP contribution < -0.4 is 21.1 Å². The van der Waals surface area contributed by atoms with Crippen LogP contribution in [-0.4, -0.2) is 31.9 Å². The van der Waals surface area contributed by atoms with Crippen LogP contribution in [0.5, 0.6) is 0 Å². The van der Waals surface area contributed by atoms with Crippen molar-refractivity contribution in [1.82, 2.24) is 10.6 Å². The van der Waals surface area contributed by atoms with E-state index < -0.39 is 26.8 Å². The number of carbonyl (C=O) groups excluding carboxylic acids is 2. The first-order chi connectivity index (χ1) is 14.0. The van der Waals surface area contributed by atoms with Gasteiger partial charge in [-0.25, -0.2) is 0 Å². The third-order valence-electron chi connectivity index (χ3n) is 3.58. The number of rotatable bonds is 6. The molecule has 0 aromatic heterocycles. The molecule has 0 heterocycles. The fourth-order valence-electron chi connectivity index (χ4n) is 2.16. The molecule has 0 aliphatic carbocycles. The van der Waals surface area contributed by atoms with Gasteiger partial charge in [0.15, 0.2) is 5.11 Å². The van der Waals surface area contributed by atoms with Gasteiger partial charge in [-0.05, 0) is 36.0 Å². The highest BCUT2D eigenvalue weighted by molar-refractivity contribution is 7.80. The summed E-state index contributed by atoms with van der Waals surface area (Å²) in [6.45, 7) is 0. The van der Waals surface area contributed by atoms with E-state index in [1.807, 2.05) is 0 Å². The van der Waals surface area contributed by atoms with Gasteiger partial charge in [0.1, 0.15) is 6.17 Å². The highest BCUT2D eigenvalue weighted by atomic mass is 35.6. The maximum atomic E-state index is 12.4. The lowest BCUT2D eigenvalue weighted by atomic mass is 10.2. The van der Waals surface area contributed by atoms with Crippen LogP contribution in [-0.2, 0) is 0 Å². The average molecular weight is 491 g/mol. The highest BCUT2D eigenvalue weighted by Crippen LogP contribution is 2.29. The normalized spacial score (nSPS) is 11.8. The van der Waals surface area contributed by atoms with E-state index in [2.05, 4.69) is 16.0 Å². The molecule has 13 heteroatoms. The fourth-order valence-corrected chi connectivity index (χ4v) is 2.73. The van der Waals surface area contributed by atoms with Crippen molar-refractivity contribution in [2.45, 2.75) is 9.96 Å². The number of carboxylic acid groups (broad SMARTS) is 1. The number of non-ortho nitro benzene ring substituents is 1. The maximum absolute atomic E-state index is 12.4. The average Bonchev–Trinajstić information content (AvgIpc) is 2.67. The van der Waals surface area contributed by atoms with Gasteiger partial charge in [-0.2, -0.15) is 0 Å². The molecular weight excluding hydrogens is 479 g/mol. The summed E-state index contributed by atoms with van der Waals surface area (Å²) in [5, 5.41) is 29.3. The van der Waals surface area contributed by atoms with Gasteiger partial charge in [0, 0.05) is 23.4 Å². The van der Waals surface area contributed by atoms with Crippen LogP contribution in [0.15, 0.2) is 48.5 Å². The number of amides is 1. The number of carbonyl (C=O) groups is 2. The second kappa shape index (κ2) is 9.90. The van der Waals surface area contributed by atoms with E-state index in [0.29, 0.717) is 5.69 Å². The molecule has 1 atom stereocenters. The number of nitro benzene ring substituents is 1. The first-order valence-electron chi connectivity index (χ1n) is 7.98. The second-order valence-electron chi connectivity index (χ2n) is 5.72. The van der Waals surface area contributed by atoms with Crippen molar-refractivity contribution in [3.05, 3.63) is 69.8 Å². The Morgan fingerprint density at radius 1 is 1.03 bits per heavy atom. The smallest absolute Gasteiger partial charge is 0.270 e. The minimum atomic E-state index is -2.04. The molecule has 0 aliphatic heterocycles. The molecule has 0 fully saturated rings. The van der Waals surface area contributed by atoms with Crippen LogP contribution in [0.25, 0.3) is 0 Å². The van der Waals surface area contributed by atoms with E-state index in [0.717, 1.165) is 6.07 Å². The summed E-state index contributed by atoms with van der Waals surface area (Å²) in [4.78, 5) is 33.4. The van der Waals surface area contributed by atoms with Crippen LogP contribution in [0.4, 0.5) is 11.4 Å². The molecule has 0 aliphatic rings. The molecule has 0 unspecified atom stereocenters. The van der Waals surface area contributed by atoms with Crippen LogP contribution in [0.1, 0.15) is 20.7 Å². The zero-order chi connectivity index (χ0) is 22.5. The number of thiocarbonyl (C=S) groups is 1. The largest absolute Gasteiger partial charge is 0.545 e. The quantitative estimate of drug-likeness (QED) is 0.185. The molecule has 30 heavy (non-hydrogen) atoms. The van der Waals surface area contributed by atoms with E-state index >= 15 is 0 Å². The predicted octanol–water partition coefficient (Wildman–Crippen LogP) is 2.37. The van der Waals surface area contributed by atoms with Gasteiger partial charge < -0.3 is 25.9 Å². The third kappa shape index (κ3) is 6.70. The summed E-state index contributed by atoms with van der Waals surface area (Å²) in [5.74, 6) is -2.08. The zero-order valence-electron chi connectivity index (χ0n) is 14.7. The number of aromatic carboxylic acids is 1. The molecule has 0 saturated carbocycles. The van der Waals surface area contributed by atoms with Gasteiger partial charge in [0.05, 0.1) is 10.9 Å². The lowest BCUT2D eigenvalue weighted by Crippen LogP contribution is -2.56. The molecule has 0 saturated heterocycles. The first-order valence-corrected chi connectivity index (χ1v) is 9.52. The molecular formula is C17H12Cl3N4O5S-. The van der Waals surface area contributed by atoms with E-state index in [9.17, 15) is 24.8 Å². The number of nitro groups is 1. The number of alkyl halides is 3. The van der Waals surface area contributed by atoms with Gasteiger partial charge in [0.2, 0.25) is 3.79 Å². The Morgan fingerprint density at radius 3 is 2.20 bits per heavy atom. The minimum absolute atomic E-state index is 0.0252. The van der Waals surface area contributed by atoms with Crippen molar-refractivity contribution >= 4 is 75.4 Å². The lowest BCUT2D eigenvalue weighted by Gasteiger charge is -2.27. The van der Waals surface area contributed by atoms with E-state index in [1.54, 1.807) is 0 Å². The monoisotopic (exact) mass is 489 g/mol. The number of nitrogens with zero attached hydrogens (tertiary/aromatic N) is 1. The number of benzene rings is 2. The van der Waals surface area contributed by atoms with Crippen molar-refractivity contribution in [1.29, 1.82) is 0 Å². The highest BCUT2D eigenvalue weighted by Gasteiger charge is 2.35. The molecule has 1 amide bonds. The Labute approximate surface area is 190 Å². The van der Waals surface area contributed by atoms with Crippen LogP contribution in [0.2, 0.25) is 0 Å². The van der Waals surface area contributed by atoms with Gasteiger partial charge >= 0.3 is 0 Å². The molecule has 9 nitrogen and oxygen atoms in total. The van der Waals surface area contributed by atoms with Crippen molar-refractivity contribution in [3.8, 4) is 0 Å². The Balaban J connectivity index is 2.09. The van der Waals surface area contributed by atoms with Crippen LogP contribution in [0, 0.1) is 10.1 Å². The minimum Gasteiger partial charge on any atom is -0.545 e. The van der Waals surface area contributed by atoms with Crippen molar-refractivity contribution < 1.29 is 19.6 Å². The lowest BCUT2D eigenvalue weighted by molar-refractivity contribution is -0.384. The maximum Gasteiger partial charge on any atom is 0.270 e. The Morgan fingerprint density at radius 2 is 1.67 bits per heavy atom. The number of halogens is 3. The molecule has 158 valence electrons. The summed E-state index contributed by atoms with van der Waals surface area (Å²) in [6, 6.07) is 10.5. The first kappa shape index (κ1) is 23.6. The summed E-state index contributed by atoms with van der Waals surface area (Å²) in [6.07, 6.45) is -1.31. The topological polar surface area (TPSA) is 136 Å². The van der Waals surface area contributed by atoms with Crippen LogP contribution in [0.3, 0.4) is 0 Å². The fraction of sp³-hybridized carbons (Fsp3) is 0.118. The number of carboxylic acids is 1. The van der Waals surface area contributed by atoms with Gasteiger partial charge in [-0.3, -0.25) is 14.9 Å². The number of nitrogens with one attached hydrogen (secondary N) is 3. The van der Waals surface area contributed by atoms with Crippen molar-refractivity contribution in [2.24, 2.45) is 0 Å². The van der Waals surface area contributed by atoms with Gasteiger partial charge in [-0.15, -0.1) is 0 Å². The SMILES string of the molecule is O=C([O-])c1ccc(NC(=S)N[C@@H](NC(=O)c2cccc([N+](=O)[O-])c2)C(Cl)(Cl)Cl)cc1. The molecule has 3 N–H and O–H groups in total. The van der Waals surface area contributed by atoms with E-state index in [1.165, 1.54) is 42.5 Å². The molecule has 2 rings (SSSR count). The van der Waals surface area contributed by atoms with E-state index in [-0.39, 0.29) is 21.9 Å². The van der Waals surface area contributed by atoms with Gasteiger partial charge in [-0.1, -0.05) is 53.0 Å². The van der Waals surface area contributed by atoms with Crippen molar-refractivity contribution in [3.63, 3.8) is 0 Å². The summed E-state index contributed by atoms with van der Waals surface area (Å²) in [5.41, 5.74) is 0.0913. The van der Waals surface area contributed by atoms with Gasteiger partial charge in [0.25, 0.3) is 11.6 Å². The second-order valence-corrected chi connectivity index (χ2v) is 8.50. The number of anilines is 1.